The second-order valence-corrected chi connectivity index (χ2v) is 9.02. The molecule has 3 heterocycles. The molecule has 0 bridgehead atoms. The first kappa shape index (κ1) is 26.0. The smallest absolute Gasteiger partial charge is 0.191 e. The number of ether oxygens (including phenoxy) is 1. The minimum atomic E-state index is 0. The average Bonchev–Trinajstić information content (AvgIpc) is 3.41. The Balaban J connectivity index is 0.00000341. The molecule has 0 radical (unpaired) electrons. The first-order chi connectivity index (χ1) is 14.6. The first-order valence-corrected chi connectivity index (χ1v) is 11.8. The van der Waals surface area contributed by atoms with Crippen LogP contribution in [-0.4, -0.2) is 71.1 Å². The van der Waals surface area contributed by atoms with E-state index in [-0.39, 0.29) is 30.1 Å². The summed E-state index contributed by atoms with van der Waals surface area (Å²) < 4.78 is 8.06. The van der Waals surface area contributed by atoms with Crippen LogP contribution in [0.15, 0.2) is 28.8 Å². The van der Waals surface area contributed by atoms with Gasteiger partial charge in [0.15, 0.2) is 5.96 Å². The van der Waals surface area contributed by atoms with Crippen molar-refractivity contribution < 1.29 is 4.74 Å². The van der Waals surface area contributed by atoms with E-state index in [1.807, 2.05) is 0 Å². The third-order valence-electron chi connectivity index (χ3n) is 4.97. The standard InChI is InChI=1S/C21H35N7OS.HI/c1-4-20-26-25-16-28(20)8-7-22-21(24-13-19-6-5-11-30-19)23-12-18-15-27(9-10-29-18)14-17(2)3;/h5-6,11,16-18H,4,7-10,12-15H2,1-3H3,(H2,22,23,24);1H. The molecule has 0 aromatic carbocycles. The zero-order valence-electron chi connectivity index (χ0n) is 18.8. The van der Waals surface area contributed by atoms with Crippen molar-refractivity contribution in [1.29, 1.82) is 0 Å². The van der Waals surface area contributed by atoms with Gasteiger partial charge in [-0.1, -0.05) is 26.8 Å². The first-order valence-electron chi connectivity index (χ1n) is 10.9. The lowest BCUT2D eigenvalue weighted by Gasteiger charge is -2.34. The van der Waals surface area contributed by atoms with Gasteiger partial charge in [0, 0.05) is 50.6 Å². The highest BCUT2D eigenvalue weighted by Crippen LogP contribution is 2.10. The van der Waals surface area contributed by atoms with E-state index in [0.717, 1.165) is 64.1 Å². The van der Waals surface area contributed by atoms with Crippen LogP contribution in [-0.2, 0) is 24.2 Å². The van der Waals surface area contributed by atoms with Crippen molar-refractivity contribution in [3.63, 3.8) is 0 Å². The van der Waals surface area contributed by atoms with E-state index in [1.165, 1.54) is 4.88 Å². The molecule has 0 aliphatic carbocycles. The van der Waals surface area contributed by atoms with Crippen LogP contribution < -0.4 is 10.6 Å². The highest BCUT2D eigenvalue weighted by Gasteiger charge is 2.21. The molecular weight excluding hydrogens is 525 g/mol. The Labute approximate surface area is 206 Å². The molecule has 2 aromatic heterocycles. The number of hydrogen-bond donors (Lipinski definition) is 2. The Bertz CT molecular complexity index is 766. The average molecular weight is 562 g/mol. The molecule has 1 fully saturated rings. The lowest BCUT2D eigenvalue weighted by Crippen LogP contribution is -2.50. The van der Waals surface area contributed by atoms with Gasteiger partial charge < -0.3 is 19.9 Å². The molecule has 1 saturated heterocycles. The molecule has 1 unspecified atom stereocenters. The van der Waals surface area contributed by atoms with E-state index in [0.29, 0.717) is 12.5 Å². The molecule has 0 saturated carbocycles. The molecule has 1 aliphatic heterocycles. The molecule has 3 rings (SSSR count). The van der Waals surface area contributed by atoms with Crippen LogP contribution in [0.25, 0.3) is 0 Å². The molecule has 1 aliphatic rings. The summed E-state index contributed by atoms with van der Waals surface area (Å²) in [5, 5.41) is 17.2. The summed E-state index contributed by atoms with van der Waals surface area (Å²) in [6, 6.07) is 4.18. The van der Waals surface area contributed by atoms with Gasteiger partial charge in [-0.2, -0.15) is 0 Å². The molecule has 31 heavy (non-hydrogen) atoms. The molecule has 2 N–H and O–H groups in total. The monoisotopic (exact) mass is 561 g/mol. The number of nitrogens with zero attached hydrogens (tertiary/aromatic N) is 5. The van der Waals surface area contributed by atoms with Crippen molar-refractivity contribution in [2.75, 3.05) is 39.3 Å². The molecule has 8 nitrogen and oxygen atoms in total. The van der Waals surface area contributed by atoms with E-state index in [4.69, 9.17) is 9.73 Å². The number of aromatic nitrogens is 3. The Morgan fingerprint density at radius 1 is 1.39 bits per heavy atom. The number of nitrogens with one attached hydrogen (secondary N) is 2. The summed E-state index contributed by atoms with van der Waals surface area (Å²) in [7, 11) is 0. The van der Waals surface area contributed by atoms with Gasteiger partial charge >= 0.3 is 0 Å². The lowest BCUT2D eigenvalue weighted by atomic mass is 10.2. The highest BCUT2D eigenvalue weighted by molar-refractivity contribution is 14.0. The summed E-state index contributed by atoms with van der Waals surface area (Å²) in [5.41, 5.74) is 0. The molecule has 0 spiro atoms. The maximum atomic E-state index is 5.98. The summed E-state index contributed by atoms with van der Waals surface area (Å²) >= 11 is 1.73. The van der Waals surface area contributed by atoms with Gasteiger partial charge in [0.2, 0.25) is 0 Å². The van der Waals surface area contributed by atoms with Crippen molar-refractivity contribution in [1.82, 2.24) is 30.3 Å². The summed E-state index contributed by atoms with van der Waals surface area (Å²) in [6.07, 6.45) is 2.84. The fourth-order valence-electron chi connectivity index (χ4n) is 3.56. The quantitative estimate of drug-likeness (QED) is 0.264. The molecule has 10 heteroatoms. The van der Waals surface area contributed by atoms with E-state index >= 15 is 0 Å². The number of halogens is 1. The molecule has 1 atom stereocenters. The van der Waals surface area contributed by atoms with Gasteiger partial charge in [-0.15, -0.1) is 45.5 Å². The van der Waals surface area contributed by atoms with Crippen molar-refractivity contribution in [2.24, 2.45) is 10.9 Å². The highest BCUT2D eigenvalue weighted by atomic mass is 127. The number of aryl methyl sites for hydroxylation is 1. The zero-order chi connectivity index (χ0) is 21.2. The normalized spacial score (nSPS) is 17.5. The van der Waals surface area contributed by atoms with Crippen molar-refractivity contribution >= 4 is 41.3 Å². The maximum absolute atomic E-state index is 5.98. The van der Waals surface area contributed by atoms with Crippen LogP contribution in [0.2, 0.25) is 0 Å². The van der Waals surface area contributed by atoms with E-state index in [2.05, 4.69) is 68.6 Å². The summed E-state index contributed by atoms with van der Waals surface area (Å²) in [6.45, 7) is 13.5. The summed E-state index contributed by atoms with van der Waals surface area (Å²) in [5.74, 6) is 2.49. The van der Waals surface area contributed by atoms with Crippen LogP contribution >= 0.6 is 35.3 Å². The van der Waals surface area contributed by atoms with Crippen LogP contribution in [0.5, 0.6) is 0 Å². The van der Waals surface area contributed by atoms with Crippen molar-refractivity contribution in [3.05, 3.63) is 34.5 Å². The van der Waals surface area contributed by atoms with E-state index in [9.17, 15) is 0 Å². The molecule has 0 amide bonds. The predicted molar refractivity (Wildman–Crippen MR) is 137 cm³/mol. The fraction of sp³-hybridized carbons (Fsp3) is 0.667. The molecule has 2 aromatic rings. The lowest BCUT2D eigenvalue weighted by molar-refractivity contribution is -0.0284. The van der Waals surface area contributed by atoms with Crippen LogP contribution in [0, 0.1) is 5.92 Å². The number of thiophene rings is 1. The van der Waals surface area contributed by atoms with E-state index < -0.39 is 0 Å². The Morgan fingerprint density at radius 3 is 3.00 bits per heavy atom. The summed E-state index contributed by atoms with van der Waals surface area (Å²) in [4.78, 5) is 8.52. The minimum absolute atomic E-state index is 0. The van der Waals surface area contributed by atoms with Gasteiger partial charge in [-0.05, 0) is 17.4 Å². The Kier molecular flexibility index (Phi) is 11.8. The van der Waals surface area contributed by atoms with Crippen molar-refractivity contribution in [2.45, 2.75) is 46.4 Å². The van der Waals surface area contributed by atoms with Gasteiger partial charge in [-0.3, -0.25) is 4.90 Å². The topological polar surface area (TPSA) is 79.6 Å². The molecular formula is C21H36IN7OS. The zero-order valence-corrected chi connectivity index (χ0v) is 21.9. The van der Waals surface area contributed by atoms with Crippen LogP contribution in [0.4, 0.5) is 0 Å². The molecule has 174 valence electrons. The van der Waals surface area contributed by atoms with Gasteiger partial charge in [0.25, 0.3) is 0 Å². The third-order valence-corrected chi connectivity index (χ3v) is 5.83. The Hall–Kier alpha value is -1.24. The second kappa shape index (κ2) is 14.0. The number of aliphatic imine (C=N–C) groups is 1. The Morgan fingerprint density at radius 2 is 2.26 bits per heavy atom. The number of rotatable bonds is 10. The minimum Gasteiger partial charge on any atom is -0.374 e. The number of hydrogen-bond acceptors (Lipinski definition) is 6. The number of morpholine rings is 1. The van der Waals surface area contributed by atoms with Gasteiger partial charge in [0.1, 0.15) is 12.2 Å². The largest absolute Gasteiger partial charge is 0.374 e. The third kappa shape index (κ3) is 9.03. The van der Waals surface area contributed by atoms with Crippen LogP contribution in [0.1, 0.15) is 31.5 Å². The SMILES string of the molecule is CCc1nncn1CCNC(=NCc1cccs1)NCC1CN(CC(C)C)CCO1.I. The predicted octanol–water partition coefficient (Wildman–Crippen LogP) is 2.61. The fourth-order valence-corrected chi connectivity index (χ4v) is 4.19. The van der Waals surface area contributed by atoms with Gasteiger partial charge in [0.05, 0.1) is 19.3 Å². The maximum Gasteiger partial charge on any atom is 0.191 e. The second-order valence-electron chi connectivity index (χ2n) is 7.99. The van der Waals surface area contributed by atoms with Gasteiger partial charge in [-0.25, -0.2) is 4.99 Å². The van der Waals surface area contributed by atoms with Crippen molar-refractivity contribution in [3.8, 4) is 0 Å². The van der Waals surface area contributed by atoms with E-state index in [1.54, 1.807) is 17.7 Å². The number of guanidine groups is 1. The van der Waals surface area contributed by atoms with Crippen LogP contribution in [0.3, 0.4) is 0 Å².